The third-order valence-electron chi connectivity index (χ3n) is 5.72. The Labute approximate surface area is 178 Å². The van der Waals surface area contributed by atoms with Gasteiger partial charge in [-0.3, -0.25) is 4.79 Å². The first-order chi connectivity index (χ1) is 14.5. The normalized spacial score (nSPS) is 19.4. The summed E-state index contributed by atoms with van der Waals surface area (Å²) in [6, 6.07) is 27.4. The first kappa shape index (κ1) is 20.0. The van der Waals surface area contributed by atoms with E-state index in [0.29, 0.717) is 0 Å². The minimum atomic E-state index is -0.142. The smallest absolute Gasteiger partial charge is 0.310 e. The highest BCUT2D eigenvalue weighted by molar-refractivity contribution is 5.78. The molecule has 0 heterocycles. The van der Waals surface area contributed by atoms with Crippen LogP contribution in [-0.2, 0) is 16.1 Å². The summed E-state index contributed by atoms with van der Waals surface area (Å²) < 4.78 is 11.5. The van der Waals surface area contributed by atoms with Crippen molar-refractivity contribution in [1.82, 2.24) is 0 Å². The molecular weight excluding hydrogens is 372 g/mol. The van der Waals surface area contributed by atoms with Crippen LogP contribution in [0, 0.1) is 17.3 Å². The predicted octanol–water partition coefficient (Wildman–Crippen LogP) is 6.51. The van der Waals surface area contributed by atoms with E-state index in [-0.39, 0.29) is 29.8 Å². The Morgan fingerprint density at radius 1 is 0.900 bits per heavy atom. The van der Waals surface area contributed by atoms with Gasteiger partial charge in [-0.05, 0) is 46.7 Å². The van der Waals surface area contributed by atoms with Gasteiger partial charge >= 0.3 is 5.97 Å². The molecule has 2 atom stereocenters. The third-order valence-corrected chi connectivity index (χ3v) is 5.72. The zero-order chi connectivity index (χ0) is 21.0. The van der Waals surface area contributed by atoms with E-state index in [1.807, 2.05) is 72.8 Å². The van der Waals surface area contributed by atoms with Gasteiger partial charge in [0.25, 0.3) is 0 Å². The monoisotopic (exact) mass is 398 g/mol. The van der Waals surface area contributed by atoms with Crippen molar-refractivity contribution in [1.29, 1.82) is 0 Å². The van der Waals surface area contributed by atoms with Crippen molar-refractivity contribution >= 4 is 12.0 Å². The summed E-state index contributed by atoms with van der Waals surface area (Å²) in [4.78, 5) is 12.7. The quantitative estimate of drug-likeness (QED) is 0.426. The van der Waals surface area contributed by atoms with Crippen LogP contribution in [0.1, 0.15) is 25.0 Å². The molecule has 0 amide bonds. The summed E-state index contributed by atoms with van der Waals surface area (Å²) in [6.07, 6.45) is 4.22. The fourth-order valence-electron chi connectivity index (χ4n) is 3.83. The van der Waals surface area contributed by atoms with Crippen molar-refractivity contribution in [2.45, 2.75) is 20.5 Å². The van der Waals surface area contributed by atoms with Gasteiger partial charge in [-0.2, -0.15) is 0 Å². The second-order valence-electron chi connectivity index (χ2n) is 8.26. The highest BCUT2D eigenvalue weighted by atomic mass is 16.5. The van der Waals surface area contributed by atoms with Crippen LogP contribution in [-0.4, -0.2) is 5.97 Å². The van der Waals surface area contributed by atoms with Gasteiger partial charge in [0, 0.05) is 0 Å². The Morgan fingerprint density at radius 2 is 1.57 bits per heavy atom. The van der Waals surface area contributed by atoms with Gasteiger partial charge in [-0.25, -0.2) is 0 Å². The molecule has 3 nitrogen and oxygen atoms in total. The summed E-state index contributed by atoms with van der Waals surface area (Å²) in [5.74, 6) is 1.45. The van der Waals surface area contributed by atoms with Crippen molar-refractivity contribution in [3.63, 3.8) is 0 Å². The van der Waals surface area contributed by atoms with Gasteiger partial charge in [0.15, 0.2) is 0 Å². The van der Waals surface area contributed by atoms with Crippen LogP contribution < -0.4 is 4.74 Å². The van der Waals surface area contributed by atoms with Crippen LogP contribution >= 0.6 is 0 Å². The zero-order valence-electron chi connectivity index (χ0n) is 17.3. The van der Waals surface area contributed by atoms with Gasteiger partial charge in [-0.15, -0.1) is 0 Å². The molecule has 0 radical (unpaired) electrons. The van der Waals surface area contributed by atoms with Gasteiger partial charge in [0.05, 0.1) is 5.92 Å². The molecule has 3 aromatic rings. The largest absolute Gasteiger partial charge is 0.461 e. The molecule has 0 spiro atoms. The van der Waals surface area contributed by atoms with Crippen molar-refractivity contribution in [3.05, 3.63) is 102 Å². The van der Waals surface area contributed by atoms with Crippen LogP contribution in [0.25, 0.3) is 6.08 Å². The number of ether oxygens (including phenoxy) is 2. The maximum absolute atomic E-state index is 12.7. The maximum atomic E-state index is 12.7. The molecule has 1 aliphatic rings. The molecule has 0 N–H and O–H groups in total. The Hall–Kier alpha value is -3.33. The van der Waals surface area contributed by atoms with Gasteiger partial charge in [-0.1, -0.05) is 86.7 Å². The fourth-order valence-corrected chi connectivity index (χ4v) is 3.83. The van der Waals surface area contributed by atoms with E-state index in [1.54, 1.807) is 0 Å². The molecule has 1 aliphatic carbocycles. The SMILES string of the molecule is CC1(C)C(/C=C/c2ccccc2)C1C(=O)OCc1cccc(Oc2ccccc2)c1. The number of allylic oxidation sites excluding steroid dienone is 1. The van der Waals surface area contributed by atoms with Crippen LogP contribution in [0.5, 0.6) is 11.5 Å². The second kappa shape index (κ2) is 8.58. The van der Waals surface area contributed by atoms with E-state index >= 15 is 0 Å². The van der Waals surface area contributed by atoms with Crippen LogP contribution in [0.15, 0.2) is 91.0 Å². The van der Waals surface area contributed by atoms with Gasteiger partial charge in [0.1, 0.15) is 18.1 Å². The average Bonchev–Trinajstić information content (AvgIpc) is 3.32. The molecular formula is C27H26O3. The summed E-state index contributed by atoms with van der Waals surface area (Å²) in [6.45, 7) is 4.48. The minimum absolute atomic E-state index is 0.0827. The maximum Gasteiger partial charge on any atom is 0.310 e. The Kier molecular flexibility index (Phi) is 5.71. The number of hydrogen-bond acceptors (Lipinski definition) is 3. The van der Waals surface area contributed by atoms with E-state index < -0.39 is 0 Å². The van der Waals surface area contributed by atoms with E-state index in [2.05, 4.69) is 38.1 Å². The molecule has 4 rings (SSSR count). The first-order valence-electron chi connectivity index (χ1n) is 10.3. The van der Waals surface area contributed by atoms with Crippen molar-refractivity contribution in [3.8, 4) is 11.5 Å². The zero-order valence-corrected chi connectivity index (χ0v) is 17.3. The van der Waals surface area contributed by atoms with E-state index in [0.717, 1.165) is 22.6 Å². The lowest BCUT2D eigenvalue weighted by Gasteiger charge is -2.09. The summed E-state index contributed by atoms with van der Waals surface area (Å²) in [5.41, 5.74) is 1.97. The molecule has 0 aliphatic heterocycles. The van der Waals surface area contributed by atoms with E-state index in [9.17, 15) is 4.79 Å². The predicted molar refractivity (Wildman–Crippen MR) is 119 cm³/mol. The molecule has 152 valence electrons. The standard InChI is InChI=1S/C27H26O3/c1-27(2)24(17-16-20-10-5-3-6-11-20)25(27)26(28)29-19-21-12-9-15-23(18-21)30-22-13-7-4-8-14-22/h3-18,24-25H,19H2,1-2H3/b17-16+. The highest BCUT2D eigenvalue weighted by Crippen LogP contribution is 2.59. The second-order valence-corrected chi connectivity index (χ2v) is 8.26. The molecule has 2 unspecified atom stereocenters. The lowest BCUT2D eigenvalue weighted by molar-refractivity contribution is -0.147. The third kappa shape index (κ3) is 4.62. The molecule has 0 saturated heterocycles. The summed E-state index contributed by atoms with van der Waals surface area (Å²) >= 11 is 0. The number of hydrogen-bond donors (Lipinski definition) is 0. The fraction of sp³-hybridized carbons (Fsp3) is 0.222. The van der Waals surface area contributed by atoms with Crippen molar-refractivity contribution in [2.24, 2.45) is 17.3 Å². The van der Waals surface area contributed by atoms with E-state index in [4.69, 9.17) is 9.47 Å². The van der Waals surface area contributed by atoms with Crippen LogP contribution in [0.3, 0.4) is 0 Å². The number of benzene rings is 3. The number of esters is 1. The number of rotatable bonds is 7. The van der Waals surface area contributed by atoms with E-state index in [1.165, 1.54) is 0 Å². The Morgan fingerprint density at radius 3 is 2.30 bits per heavy atom. The molecule has 0 bridgehead atoms. The number of carbonyl (C=O) groups excluding carboxylic acids is 1. The van der Waals surface area contributed by atoms with Crippen LogP contribution in [0.4, 0.5) is 0 Å². The molecule has 3 heteroatoms. The lowest BCUT2D eigenvalue weighted by Crippen LogP contribution is -2.10. The highest BCUT2D eigenvalue weighted by Gasteiger charge is 2.61. The molecule has 30 heavy (non-hydrogen) atoms. The topological polar surface area (TPSA) is 35.5 Å². The van der Waals surface area contributed by atoms with Gasteiger partial charge < -0.3 is 9.47 Å². The Bertz CT molecular complexity index is 1020. The lowest BCUT2D eigenvalue weighted by atomic mass is 10.1. The Balaban J connectivity index is 1.34. The van der Waals surface area contributed by atoms with Crippen molar-refractivity contribution in [2.75, 3.05) is 0 Å². The summed E-state index contributed by atoms with van der Waals surface area (Å²) in [5, 5.41) is 0. The molecule has 0 aromatic heterocycles. The number of carbonyl (C=O) groups is 1. The summed E-state index contributed by atoms with van der Waals surface area (Å²) in [7, 11) is 0. The molecule has 1 fully saturated rings. The molecule has 3 aromatic carbocycles. The van der Waals surface area contributed by atoms with Crippen LogP contribution in [0.2, 0.25) is 0 Å². The number of para-hydroxylation sites is 1. The van der Waals surface area contributed by atoms with Gasteiger partial charge in [0.2, 0.25) is 0 Å². The van der Waals surface area contributed by atoms with Crippen molar-refractivity contribution < 1.29 is 14.3 Å². The first-order valence-corrected chi connectivity index (χ1v) is 10.3. The average molecular weight is 399 g/mol. The minimum Gasteiger partial charge on any atom is -0.461 e. The molecule has 1 saturated carbocycles.